The molecule has 2 aromatic rings. The van der Waals surface area contributed by atoms with E-state index in [1.165, 1.54) is 6.20 Å². The first-order chi connectivity index (χ1) is 10.1. The van der Waals surface area contributed by atoms with Gasteiger partial charge >= 0.3 is 0 Å². The van der Waals surface area contributed by atoms with Gasteiger partial charge in [-0.15, -0.1) is 0 Å². The Balaban J connectivity index is 1.75. The zero-order valence-corrected chi connectivity index (χ0v) is 12.0. The van der Waals surface area contributed by atoms with E-state index in [2.05, 4.69) is 15.5 Å². The van der Waals surface area contributed by atoms with Crippen LogP contribution in [0.15, 0.2) is 24.4 Å². The molecule has 6 heteroatoms. The van der Waals surface area contributed by atoms with Gasteiger partial charge in [0.1, 0.15) is 13.2 Å². The number of hydrogen-bond acceptors (Lipinski definition) is 4. The van der Waals surface area contributed by atoms with Gasteiger partial charge < -0.3 is 14.8 Å². The van der Waals surface area contributed by atoms with Crippen LogP contribution in [0.1, 0.15) is 34.6 Å². The Morgan fingerprint density at radius 1 is 1.33 bits per heavy atom. The van der Waals surface area contributed by atoms with E-state index < -0.39 is 0 Å². The third kappa shape index (κ3) is 2.69. The number of aryl methyl sites for hydroxylation is 1. The quantitative estimate of drug-likeness (QED) is 0.905. The molecule has 2 heterocycles. The van der Waals surface area contributed by atoms with Gasteiger partial charge in [-0.3, -0.25) is 9.89 Å². The maximum atomic E-state index is 12.2. The molecule has 110 valence electrons. The van der Waals surface area contributed by atoms with Crippen LogP contribution in [-0.2, 0) is 0 Å². The molecule has 1 amide bonds. The van der Waals surface area contributed by atoms with Crippen molar-refractivity contribution in [1.29, 1.82) is 0 Å². The Hall–Kier alpha value is -2.50. The van der Waals surface area contributed by atoms with Gasteiger partial charge in [0, 0.05) is 5.69 Å². The lowest BCUT2D eigenvalue weighted by Crippen LogP contribution is -2.27. The second kappa shape index (κ2) is 5.47. The van der Waals surface area contributed by atoms with E-state index in [1.54, 1.807) is 0 Å². The van der Waals surface area contributed by atoms with Crippen LogP contribution < -0.4 is 14.8 Å². The van der Waals surface area contributed by atoms with E-state index in [4.69, 9.17) is 9.47 Å². The van der Waals surface area contributed by atoms with Crippen molar-refractivity contribution < 1.29 is 14.3 Å². The van der Waals surface area contributed by atoms with Crippen molar-refractivity contribution in [2.75, 3.05) is 13.2 Å². The summed E-state index contributed by atoms with van der Waals surface area (Å²) < 4.78 is 11.0. The average Bonchev–Trinajstić information content (AvgIpc) is 2.93. The second-order valence-corrected chi connectivity index (χ2v) is 5.01. The van der Waals surface area contributed by atoms with Crippen molar-refractivity contribution in [3.05, 3.63) is 41.2 Å². The van der Waals surface area contributed by atoms with Crippen LogP contribution >= 0.6 is 0 Å². The highest BCUT2D eigenvalue weighted by Crippen LogP contribution is 2.32. The SMILES string of the molecule is Cc1[nH]ncc1C(=O)NC(C)c1ccc2c(c1)OCCO2. The standard InChI is InChI=1S/C15H17N3O3/c1-9(17-15(19)12-8-16-18-10(12)2)11-3-4-13-14(7-11)21-6-5-20-13/h3-4,7-9H,5-6H2,1-2H3,(H,16,18)(H,17,19). The minimum Gasteiger partial charge on any atom is -0.486 e. The van der Waals surface area contributed by atoms with Crippen molar-refractivity contribution in [3.8, 4) is 11.5 Å². The van der Waals surface area contributed by atoms with E-state index in [-0.39, 0.29) is 11.9 Å². The average molecular weight is 287 g/mol. The molecule has 1 aromatic carbocycles. The van der Waals surface area contributed by atoms with Gasteiger partial charge in [-0.2, -0.15) is 5.10 Å². The molecule has 0 saturated carbocycles. The van der Waals surface area contributed by atoms with Crippen molar-refractivity contribution in [3.63, 3.8) is 0 Å². The zero-order valence-electron chi connectivity index (χ0n) is 12.0. The van der Waals surface area contributed by atoms with E-state index in [0.717, 1.165) is 22.8 Å². The fourth-order valence-corrected chi connectivity index (χ4v) is 2.27. The Morgan fingerprint density at radius 3 is 2.81 bits per heavy atom. The molecule has 0 saturated heterocycles. The van der Waals surface area contributed by atoms with Crippen molar-refractivity contribution in [2.45, 2.75) is 19.9 Å². The summed E-state index contributed by atoms with van der Waals surface area (Å²) in [7, 11) is 0. The molecule has 1 unspecified atom stereocenters. The third-order valence-electron chi connectivity index (χ3n) is 3.49. The van der Waals surface area contributed by atoms with Crippen LogP contribution in [0.5, 0.6) is 11.5 Å². The second-order valence-electron chi connectivity index (χ2n) is 5.01. The Bertz CT molecular complexity index is 666. The van der Waals surface area contributed by atoms with Crippen LogP contribution in [-0.4, -0.2) is 29.3 Å². The molecule has 21 heavy (non-hydrogen) atoms. The number of rotatable bonds is 3. The van der Waals surface area contributed by atoms with Gasteiger partial charge in [0.2, 0.25) is 0 Å². The van der Waals surface area contributed by atoms with Crippen LogP contribution in [0, 0.1) is 6.92 Å². The molecule has 3 rings (SSSR count). The van der Waals surface area contributed by atoms with E-state index in [1.807, 2.05) is 32.0 Å². The smallest absolute Gasteiger partial charge is 0.255 e. The number of carbonyl (C=O) groups excluding carboxylic acids is 1. The lowest BCUT2D eigenvalue weighted by molar-refractivity contribution is 0.0939. The summed E-state index contributed by atoms with van der Waals surface area (Å²) in [6, 6.07) is 5.57. The highest BCUT2D eigenvalue weighted by molar-refractivity contribution is 5.95. The van der Waals surface area contributed by atoms with E-state index in [0.29, 0.717) is 18.8 Å². The molecule has 2 N–H and O–H groups in total. The fourth-order valence-electron chi connectivity index (χ4n) is 2.27. The van der Waals surface area contributed by atoms with Gasteiger partial charge in [0.25, 0.3) is 5.91 Å². The number of hydrogen-bond donors (Lipinski definition) is 2. The Morgan fingerprint density at radius 2 is 2.10 bits per heavy atom. The van der Waals surface area contributed by atoms with Gasteiger partial charge in [0.05, 0.1) is 17.8 Å². The molecular weight excluding hydrogens is 270 g/mol. The first-order valence-electron chi connectivity index (χ1n) is 6.85. The predicted octanol–water partition coefficient (Wildman–Crippen LogP) is 1.98. The number of H-pyrrole nitrogens is 1. The molecule has 0 radical (unpaired) electrons. The minimum atomic E-state index is -0.149. The number of carbonyl (C=O) groups is 1. The zero-order chi connectivity index (χ0) is 14.8. The topological polar surface area (TPSA) is 76.2 Å². The summed E-state index contributed by atoms with van der Waals surface area (Å²) in [6.07, 6.45) is 1.53. The number of fused-ring (bicyclic) bond motifs is 1. The predicted molar refractivity (Wildman–Crippen MR) is 76.6 cm³/mol. The summed E-state index contributed by atoms with van der Waals surface area (Å²) in [5, 5.41) is 9.57. The van der Waals surface area contributed by atoms with E-state index in [9.17, 15) is 4.79 Å². The van der Waals surface area contributed by atoms with Gasteiger partial charge in [0.15, 0.2) is 11.5 Å². The summed E-state index contributed by atoms with van der Waals surface area (Å²) >= 11 is 0. The Kier molecular flexibility index (Phi) is 3.51. The van der Waals surface area contributed by atoms with Crippen LogP contribution in [0.25, 0.3) is 0 Å². The monoisotopic (exact) mass is 287 g/mol. The molecule has 0 bridgehead atoms. The lowest BCUT2D eigenvalue weighted by atomic mass is 10.1. The first kappa shape index (κ1) is 13.5. The summed E-state index contributed by atoms with van der Waals surface area (Å²) in [6.45, 7) is 4.86. The molecular formula is C15H17N3O3. The summed E-state index contributed by atoms with van der Waals surface area (Å²) in [4.78, 5) is 12.2. The number of amides is 1. The highest BCUT2D eigenvalue weighted by Gasteiger charge is 2.17. The minimum absolute atomic E-state index is 0.136. The lowest BCUT2D eigenvalue weighted by Gasteiger charge is -2.21. The van der Waals surface area contributed by atoms with Gasteiger partial charge in [-0.1, -0.05) is 6.07 Å². The van der Waals surface area contributed by atoms with Crippen LogP contribution in [0.3, 0.4) is 0 Å². The molecule has 0 fully saturated rings. The third-order valence-corrected chi connectivity index (χ3v) is 3.49. The molecule has 1 aliphatic heterocycles. The summed E-state index contributed by atoms with van der Waals surface area (Å²) in [5.41, 5.74) is 2.27. The first-order valence-corrected chi connectivity index (χ1v) is 6.85. The number of aromatic amines is 1. The molecule has 0 aliphatic carbocycles. The van der Waals surface area contributed by atoms with E-state index >= 15 is 0 Å². The highest BCUT2D eigenvalue weighted by atomic mass is 16.6. The molecule has 1 atom stereocenters. The number of nitrogens with zero attached hydrogens (tertiary/aromatic N) is 1. The number of benzene rings is 1. The largest absolute Gasteiger partial charge is 0.486 e. The van der Waals surface area contributed by atoms with Crippen molar-refractivity contribution in [1.82, 2.24) is 15.5 Å². The van der Waals surface area contributed by atoms with Crippen LogP contribution in [0.4, 0.5) is 0 Å². The maximum absolute atomic E-state index is 12.2. The number of aromatic nitrogens is 2. The molecule has 6 nitrogen and oxygen atoms in total. The van der Waals surface area contributed by atoms with Gasteiger partial charge in [-0.25, -0.2) is 0 Å². The van der Waals surface area contributed by atoms with Crippen molar-refractivity contribution >= 4 is 5.91 Å². The van der Waals surface area contributed by atoms with Crippen LogP contribution in [0.2, 0.25) is 0 Å². The maximum Gasteiger partial charge on any atom is 0.255 e. The fraction of sp³-hybridized carbons (Fsp3) is 0.333. The Labute approximate surface area is 122 Å². The number of nitrogens with one attached hydrogen (secondary N) is 2. The summed E-state index contributed by atoms with van der Waals surface area (Å²) in [5.74, 6) is 1.32. The molecule has 1 aromatic heterocycles. The number of ether oxygens (including phenoxy) is 2. The van der Waals surface area contributed by atoms with Gasteiger partial charge in [-0.05, 0) is 31.5 Å². The molecule has 1 aliphatic rings. The molecule has 0 spiro atoms. The normalized spacial score (nSPS) is 14.6. The van der Waals surface area contributed by atoms with Crippen molar-refractivity contribution in [2.24, 2.45) is 0 Å².